The molecular weight excluding hydrogens is 263 g/mol. The van der Waals surface area contributed by atoms with Crippen LogP contribution in [0.25, 0.3) is 5.76 Å². The molecule has 0 atom stereocenters. The molecule has 0 amide bonds. The Labute approximate surface area is 95.6 Å². The van der Waals surface area contributed by atoms with Gasteiger partial charge >= 0.3 is 10.2 Å². The second-order valence-electron chi connectivity index (χ2n) is 3.35. The van der Waals surface area contributed by atoms with E-state index in [0.717, 1.165) is 6.07 Å². The van der Waals surface area contributed by atoms with Crippen LogP contribution in [-0.2, 0) is 4.74 Å². The van der Waals surface area contributed by atoms with Gasteiger partial charge in [-0.05, 0) is 19.1 Å². The van der Waals surface area contributed by atoms with Gasteiger partial charge in [0.15, 0.2) is 0 Å². The largest absolute Gasteiger partial charge is 0.494 e. The number of halogens is 5. The van der Waals surface area contributed by atoms with Crippen molar-refractivity contribution in [1.82, 2.24) is 0 Å². The van der Waals surface area contributed by atoms with E-state index in [2.05, 4.69) is 6.58 Å². The Bertz CT molecular complexity index is 451. The predicted molar refractivity (Wildman–Crippen MR) is 58.5 cm³/mol. The van der Waals surface area contributed by atoms with Crippen LogP contribution in [0.5, 0.6) is 0 Å². The molecule has 98 valence electrons. The molecule has 1 nitrogen and oxygen atoms in total. The van der Waals surface area contributed by atoms with Crippen molar-refractivity contribution in [2.24, 2.45) is 0 Å². The van der Waals surface area contributed by atoms with E-state index < -0.39 is 15.1 Å². The topological polar surface area (TPSA) is 9.23 Å². The van der Waals surface area contributed by atoms with E-state index in [1.165, 1.54) is 6.07 Å². The molecule has 0 bridgehead atoms. The SMILES string of the molecule is C=C(OCC)c1cccc(S(F)(F)(F)(F)F)c1. The molecule has 1 aromatic rings. The van der Waals surface area contributed by atoms with E-state index in [0.29, 0.717) is 12.1 Å². The Hall–Kier alpha value is -1.24. The van der Waals surface area contributed by atoms with E-state index in [1.54, 1.807) is 6.92 Å². The Morgan fingerprint density at radius 3 is 2.29 bits per heavy atom. The minimum atomic E-state index is -9.63. The van der Waals surface area contributed by atoms with E-state index in [-0.39, 0.29) is 17.9 Å². The maximum atomic E-state index is 12.5. The summed E-state index contributed by atoms with van der Waals surface area (Å²) in [6, 6.07) is 2.81. The first-order chi connectivity index (χ1) is 7.44. The molecule has 0 heterocycles. The zero-order valence-corrected chi connectivity index (χ0v) is 9.75. The fraction of sp³-hybridized carbons (Fsp3) is 0.200. The maximum Gasteiger partial charge on any atom is 0.310 e. The molecule has 1 aromatic carbocycles. The normalized spacial score (nSPS) is 15.9. The van der Waals surface area contributed by atoms with Crippen molar-refractivity contribution < 1.29 is 24.2 Å². The molecule has 0 saturated heterocycles. The number of ether oxygens (including phenoxy) is 1. The van der Waals surface area contributed by atoms with Crippen molar-refractivity contribution in [3.8, 4) is 0 Å². The van der Waals surface area contributed by atoms with Gasteiger partial charge in [-0.1, -0.05) is 38.1 Å². The van der Waals surface area contributed by atoms with E-state index in [1.807, 2.05) is 0 Å². The maximum absolute atomic E-state index is 12.5. The summed E-state index contributed by atoms with van der Waals surface area (Å²) in [6.45, 7) is 5.17. The third kappa shape index (κ3) is 3.62. The minimum Gasteiger partial charge on any atom is -0.494 e. The van der Waals surface area contributed by atoms with Crippen LogP contribution in [0, 0.1) is 0 Å². The van der Waals surface area contributed by atoms with E-state index in [9.17, 15) is 19.4 Å². The van der Waals surface area contributed by atoms with Crippen molar-refractivity contribution in [2.75, 3.05) is 6.61 Å². The zero-order valence-electron chi connectivity index (χ0n) is 8.93. The Morgan fingerprint density at radius 2 is 1.82 bits per heavy atom. The van der Waals surface area contributed by atoms with Gasteiger partial charge < -0.3 is 4.74 Å². The molecule has 0 N–H and O–H groups in total. The molecule has 0 aliphatic heterocycles. The second-order valence-corrected chi connectivity index (χ2v) is 5.76. The van der Waals surface area contributed by atoms with Crippen LogP contribution >= 0.6 is 10.2 Å². The highest BCUT2D eigenvalue weighted by Gasteiger charge is 2.65. The van der Waals surface area contributed by atoms with Crippen LogP contribution in [-0.4, -0.2) is 6.61 Å². The molecule has 0 fully saturated rings. The summed E-state index contributed by atoms with van der Waals surface area (Å²) in [5.74, 6) is -0.0730. The molecule has 0 spiro atoms. The van der Waals surface area contributed by atoms with Crippen molar-refractivity contribution in [1.29, 1.82) is 0 Å². The van der Waals surface area contributed by atoms with E-state index >= 15 is 0 Å². The fourth-order valence-corrected chi connectivity index (χ4v) is 1.85. The zero-order chi connectivity index (χ0) is 13.4. The lowest BCUT2D eigenvalue weighted by atomic mass is 10.2. The van der Waals surface area contributed by atoms with Crippen LogP contribution in [0.1, 0.15) is 12.5 Å². The number of hydrogen-bond acceptors (Lipinski definition) is 1. The Balaban J connectivity index is 3.25. The van der Waals surface area contributed by atoms with Gasteiger partial charge in [0.2, 0.25) is 0 Å². The molecule has 0 aliphatic carbocycles. The highest BCUT2D eigenvalue weighted by Crippen LogP contribution is 3.02. The van der Waals surface area contributed by atoms with Gasteiger partial charge in [-0.25, -0.2) is 0 Å². The molecule has 0 aliphatic rings. The summed E-state index contributed by atoms with van der Waals surface area (Å²) < 4.78 is 67.4. The van der Waals surface area contributed by atoms with Crippen LogP contribution < -0.4 is 0 Å². The summed E-state index contributed by atoms with van der Waals surface area (Å²) in [5.41, 5.74) is -0.113. The predicted octanol–water partition coefficient (Wildman–Crippen LogP) is 5.35. The van der Waals surface area contributed by atoms with Crippen LogP contribution in [0.2, 0.25) is 0 Å². The summed E-state index contributed by atoms with van der Waals surface area (Å²) in [7, 11) is -9.63. The Kier molecular flexibility index (Phi) is 2.75. The molecule has 0 aromatic heterocycles. The summed E-state index contributed by atoms with van der Waals surface area (Å²) in [6.07, 6.45) is 0. The highest BCUT2D eigenvalue weighted by molar-refractivity contribution is 8.45. The first-order valence-electron chi connectivity index (χ1n) is 4.60. The van der Waals surface area contributed by atoms with Gasteiger partial charge in [-0.2, -0.15) is 0 Å². The van der Waals surface area contributed by atoms with Gasteiger partial charge in [-0.15, -0.1) is 0 Å². The van der Waals surface area contributed by atoms with Crippen molar-refractivity contribution in [3.05, 3.63) is 36.4 Å². The monoisotopic (exact) mass is 274 g/mol. The summed E-state index contributed by atoms with van der Waals surface area (Å²) in [5, 5.41) is 0. The van der Waals surface area contributed by atoms with Gasteiger partial charge in [0, 0.05) is 5.56 Å². The molecule has 0 saturated carbocycles. The number of benzene rings is 1. The molecule has 7 heteroatoms. The third-order valence-corrected chi connectivity index (χ3v) is 3.06. The standard InChI is InChI=1S/C10H11F5OS/c1-3-16-8(2)9-5-4-6-10(7-9)17(11,12,13,14)15/h4-7H,2-3H2,1H3. The lowest BCUT2D eigenvalue weighted by molar-refractivity contribution is 0.299. The van der Waals surface area contributed by atoms with Crippen molar-refractivity contribution in [2.45, 2.75) is 11.8 Å². The fourth-order valence-electron chi connectivity index (χ4n) is 1.17. The molecule has 0 unspecified atom stereocenters. The number of rotatable bonds is 4. The number of hydrogen-bond donors (Lipinski definition) is 0. The van der Waals surface area contributed by atoms with Gasteiger partial charge in [0.25, 0.3) is 0 Å². The quantitative estimate of drug-likeness (QED) is 0.531. The second kappa shape index (κ2) is 3.38. The minimum absolute atomic E-state index is 0.0730. The van der Waals surface area contributed by atoms with Crippen molar-refractivity contribution in [3.63, 3.8) is 0 Å². The Morgan fingerprint density at radius 1 is 1.24 bits per heavy atom. The molecular formula is C10H11F5OS. The molecule has 0 radical (unpaired) electrons. The lowest BCUT2D eigenvalue weighted by Crippen LogP contribution is -2.06. The van der Waals surface area contributed by atoms with Crippen molar-refractivity contribution >= 4 is 16.0 Å². The lowest BCUT2D eigenvalue weighted by Gasteiger charge is -2.40. The first-order valence-corrected chi connectivity index (χ1v) is 6.55. The van der Waals surface area contributed by atoms with E-state index in [4.69, 9.17) is 4.74 Å². The summed E-state index contributed by atoms with van der Waals surface area (Å²) in [4.78, 5) is -1.94. The van der Waals surface area contributed by atoms with Gasteiger partial charge in [0.05, 0.1) is 6.61 Å². The average Bonchev–Trinajstić information content (AvgIpc) is 2.15. The first kappa shape index (κ1) is 13.8. The van der Waals surface area contributed by atoms with Crippen LogP contribution in [0.3, 0.4) is 0 Å². The van der Waals surface area contributed by atoms with Crippen LogP contribution in [0.4, 0.5) is 19.4 Å². The summed E-state index contributed by atoms with van der Waals surface area (Å²) >= 11 is 0. The highest BCUT2D eigenvalue weighted by atomic mass is 32.5. The van der Waals surface area contributed by atoms with Gasteiger partial charge in [0.1, 0.15) is 10.7 Å². The average molecular weight is 274 g/mol. The van der Waals surface area contributed by atoms with Gasteiger partial charge in [-0.3, -0.25) is 0 Å². The third-order valence-electron chi connectivity index (χ3n) is 1.92. The molecule has 1 rings (SSSR count). The smallest absolute Gasteiger partial charge is 0.310 e. The molecule has 17 heavy (non-hydrogen) atoms. The van der Waals surface area contributed by atoms with Crippen LogP contribution in [0.15, 0.2) is 35.7 Å².